The smallest absolute Gasteiger partial charge is 0.399 e. The molecule has 0 heterocycles. The summed E-state index contributed by atoms with van der Waals surface area (Å²) in [6.07, 6.45) is 3.64. The van der Waals surface area contributed by atoms with Crippen LogP contribution < -0.4 is 4.74 Å². The fraction of sp³-hybridized carbons (Fsp3) is 0.583. The number of rotatable bonds is 4. The lowest BCUT2D eigenvalue weighted by atomic mass is 9.63. The van der Waals surface area contributed by atoms with Gasteiger partial charge >= 0.3 is 6.36 Å². The Morgan fingerprint density at radius 2 is 1.61 bits per heavy atom. The second kappa shape index (κ2) is 8.55. The Hall–Kier alpha value is -1.92. The van der Waals surface area contributed by atoms with Gasteiger partial charge in [0.05, 0.1) is 5.39 Å². The Morgan fingerprint density at radius 1 is 0.903 bits per heavy atom. The van der Waals surface area contributed by atoms with Crippen LogP contribution in [0, 0.1) is 35.2 Å². The van der Waals surface area contributed by atoms with Crippen LogP contribution in [0.1, 0.15) is 69.8 Å². The molecule has 2 aliphatic rings. The van der Waals surface area contributed by atoms with E-state index >= 15 is 0 Å². The monoisotopic (exact) mass is 444 g/mol. The van der Waals surface area contributed by atoms with Crippen LogP contribution in [0.4, 0.5) is 26.3 Å². The summed E-state index contributed by atoms with van der Waals surface area (Å²) < 4.78 is 84.3. The molecule has 2 fully saturated rings. The number of fused-ring (bicyclic) bond motifs is 2. The molecule has 2 aromatic rings. The van der Waals surface area contributed by atoms with Crippen LogP contribution in [0.5, 0.6) is 5.75 Å². The van der Waals surface area contributed by atoms with E-state index in [0.717, 1.165) is 31.6 Å². The van der Waals surface area contributed by atoms with Crippen molar-refractivity contribution < 1.29 is 31.1 Å². The highest BCUT2D eigenvalue weighted by atomic mass is 19.4. The van der Waals surface area contributed by atoms with Crippen LogP contribution >= 0.6 is 0 Å². The summed E-state index contributed by atoms with van der Waals surface area (Å²) in [7, 11) is 0. The predicted molar refractivity (Wildman–Crippen MR) is 106 cm³/mol. The van der Waals surface area contributed by atoms with Crippen molar-refractivity contribution in [1.29, 1.82) is 0 Å². The van der Waals surface area contributed by atoms with E-state index in [4.69, 9.17) is 0 Å². The van der Waals surface area contributed by atoms with E-state index in [1.165, 1.54) is 37.8 Å². The van der Waals surface area contributed by atoms with Gasteiger partial charge in [-0.3, -0.25) is 0 Å². The first-order chi connectivity index (χ1) is 14.7. The molecule has 31 heavy (non-hydrogen) atoms. The van der Waals surface area contributed by atoms with Crippen molar-refractivity contribution >= 4 is 10.8 Å². The van der Waals surface area contributed by atoms with Crippen LogP contribution in [0.3, 0.4) is 0 Å². The summed E-state index contributed by atoms with van der Waals surface area (Å²) in [5.41, 5.74) is 0.655. The number of hydrogen-bond acceptors (Lipinski definition) is 1. The third-order valence-electron chi connectivity index (χ3n) is 7.17. The Kier molecular flexibility index (Phi) is 6.14. The molecule has 0 radical (unpaired) electrons. The summed E-state index contributed by atoms with van der Waals surface area (Å²) in [6, 6.07) is 3.41. The van der Waals surface area contributed by atoms with Crippen molar-refractivity contribution in [2.24, 2.45) is 17.8 Å². The zero-order valence-electron chi connectivity index (χ0n) is 17.4. The third kappa shape index (κ3) is 4.65. The molecule has 0 amide bonds. The molecular weight excluding hydrogens is 418 g/mol. The van der Waals surface area contributed by atoms with Crippen molar-refractivity contribution in [2.75, 3.05) is 0 Å². The molecule has 0 spiro atoms. The average Bonchev–Trinajstić information content (AvgIpc) is 2.69. The molecule has 4 unspecified atom stereocenters. The van der Waals surface area contributed by atoms with Gasteiger partial charge in [-0.25, -0.2) is 13.2 Å². The SMILES string of the molecule is CCCC1CCC2CC(c3cc(F)c4c(F)c(OC(F)(F)F)c(F)cc4c3)CCC2C1. The number of halogens is 6. The molecule has 4 atom stereocenters. The molecular formula is C24H26F6O. The van der Waals surface area contributed by atoms with E-state index < -0.39 is 34.9 Å². The standard InChI is InChI=1S/C24H26F6O/c1-2-3-13-4-5-15-9-16(7-6-14(15)8-13)17-10-18-12-20(26)23(31-24(28,29)30)22(27)21(18)19(25)11-17/h10-16H,2-9H2,1H3. The van der Waals surface area contributed by atoms with Gasteiger partial charge < -0.3 is 4.74 Å². The molecule has 0 bridgehead atoms. The summed E-state index contributed by atoms with van der Waals surface area (Å²) in [6.45, 7) is 2.21. The molecule has 170 valence electrons. The van der Waals surface area contributed by atoms with E-state index in [9.17, 15) is 26.3 Å². The second-order valence-electron chi connectivity index (χ2n) is 9.15. The van der Waals surface area contributed by atoms with Crippen molar-refractivity contribution in [3.05, 3.63) is 41.2 Å². The van der Waals surface area contributed by atoms with Crippen LogP contribution in [-0.2, 0) is 0 Å². The van der Waals surface area contributed by atoms with Crippen LogP contribution in [0.15, 0.2) is 18.2 Å². The first-order valence-electron chi connectivity index (χ1n) is 11.0. The van der Waals surface area contributed by atoms with Gasteiger partial charge in [-0.1, -0.05) is 32.3 Å². The summed E-state index contributed by atoms with van der Waals surface area (Å²) in [5.74, 6) is -3.67. The highest BCUT2D eigenvalue weighted by Crippen LogP contribution is 2.49. The number of hydrogen-bond donors (Lipinski definition) is 0. The first-order valence-corrected chi connectivity index (χ1v) is 11.0. The molecule has 0 aromatic heterocycles. The van der Waals surface area contributed by atoms with E-state index in [0.29, 0.717) is 23.5 Å². The van der Waals surface area contributed by atoms with Gasteiger partial charge in [-0.2, -0.15) is 0 Å². The maximum atomic E-state index is 14.8. The van der Waals surface area contributed by atoms with Gasteiger partial charge in [0.25, 0.3) is 0 Å². The maximum Gasteiger partial charge on any atom is 0.573 e. The minimum absolute atomic E-state index is 0.0834. The molecule has 2 saturated carbocycles. The molecule has 0 saturated heterocycles. The Morgan fingerprint density at radius 3 is 2.32 bits per heavy atom. The van der Waals surface area contributed by atoms with Crippen LogP contribution in [0.2, 0.25) is 0 Å². The minimum Gasteiger partial charge on any atom is -0.399 e. The van der Waals surface area contributed by atoms with E-state index in [2.05, 4.69) is 11.7 Å². The quantitative estimate of drug-likeness (QED) is 0.431. The van der Waals surface area contributed by atoms with E-state index in [1.807, 2.05) is 0 Å². The minimum atomic E-state index is -5.28. The second-order valence-corrected chi connectivity index (χ2v) is 9.15. The Labute approximate surface area is 177 Å². The lowest BCUT2D eigenvalue weighted by molar-refractivity contribution is -0.276. The summed E-state index contributed by atoms with van der Waals surface area (Å²) in [4.78, 5) is 0. The highest BCUT2D eigenvalue weighted by Gasteiger charge is 2.37. The zero-order chi connectivity index (χ0) is 22.3. The molecule has 0 aliphatic heterocycles. The lowest BCUT2D eigenvalue weighted by Crippen LogP contribution is -2.30. The molecule has 1 nitrogen and oxygen atoms in total. The number of ether oxygens (including phenoxy) is 1. The van der Waals surface area contributed by atoms with Crippen molar-refractivity contribution in [1.82, 2.24) is 0 Å². The molecule has 4 rings (SSSR count). The maximum absolute atomic E-state index is 14.8. The lowest BCUT2D eigenvalue weighted by Gasteiger charge is -2.42. The van der Waals surface area contributed by atoms with Gasteiger partial charge in [-0.15, -0.1) is 13.2 Å². The fourth-order valence-corrected chi connectivity index (χ4v) is 5.82. The molecule has 2 aromatic carbocycles. The van der Waals surface area contributed by atoms with E-state index in [1.54, 1.807) is 0 Å². The van der Waals surface area contributed by atoms with Gasteiger partial charge in [-0.05, 0) is 78.9 Å². The van der Waals surface area contributed by atoms with Crippen molar-refractivity contribution in [3.8, 4) is 5.75 Å². The highest BCUT2D eigenvalue weighted by molar-refractivity contribution is 5.86. The molecule has 2 aliphatic carbocycles. The third-order valence-corrected chi connectivity index (χ3v) is 7.17. The average molecular weight is 444 g/mol. The molecule has 0 N–H and O–H groups in total. The number of benzene rings is 2. The largest absolute Gasteiger partial charge is 0.573 e. The summed E-state index contributed by atoms with van der Waals surface area (Å²) >= 11 is 0. The normalized spacial score (nSPS) is 26.7. The Balaban J connectivity index is 1.59. The topological polar surface area (TPSA) is 9.23 Å². The Bertz CT molecular complexity index is 953. The van der Waals surface area contributed by atoms with Gasteiger partial charge in [0, 0.05) is 0 Å². The predicted octanol–water partition coefficient (Wildman–Crippen LogP) is 8.26. The molecule has 7 heteroatoms. The van der Waals surface area contributed by atoms with Crippen molar-refractivity contribution in [3.63, 3.8) is 0 Å². The van der Waals surface area contributed by atoms with Gasteiger partial charge in [0.15, 0.2) is 11.6 Å². The first kappa shape index (κ1) is 22.3. The van der Waals surface area contributed by atoms with Crippen LogP contribution in [0.25, 0.3) is 10.8 Å². The van der Waals surface area contributed by atoms with Crippen LogP contribution in [-0.4, -0.2) is 6.36 Å². The summed E-state index contributed by atoms with van der Waals surface area (Å²) in [5, 5.41) is -0.772. The fourth-order valence-electron chi connectivity index (χ4n) is 5.82. The van der Waals surface area contributed by atoms with E-state index in [-0.39, 0.29) is 11.3 Å². The van der Waals surface area contributed by atoms with Gasteiger partial charge in [0.1, 0.15) is 5.82 Å². The zero-order valence-corrected chi connectivity index (χ0v) is 17.4. The van der Waals surface area contributed by atoms with Crippen molar-refractivity contribution in [2.45, 2.75) is 70.6 Å². The number of alkyl halides is 3. The van der Waals surface area contributed by atoms with Gasteiger partial charge in [0.2, 0.25) is 5.75 Å².